The summed E-state index contributed by atoms with van der Waals surface area (Å²) >= 11 is 0. The van der Waals surface area contributed by atoms with Crippen LogP contribution in [0, 0.1) is 5.92 Å². The number of nitrogens with zero attached hydrogens (tertiary/aromatic N) is 4. The van der Waals surface area contributed by atoms with Gasteiger partial charge in [-0.05, 0) is 57.3 Å². The highest BCUT2D eigenvalue weighted by Crippen LogP contribution is 2.20. The average Bonchev–Trinajstić information content (AvgIpc) is 2.86. The van der Waals surface area contributed by atoms with Gasteiger partial charge < -0.3 is 9.80 Å². The van der Waals surface area contributed by atoms with Gasteiger partial charge in [0, 0.05) is 51.9 Å². The van der Waals surface area contributed by atoms with Crippen molar-refractivity contribution < 1.29 is 4.79 Å². The maximum absolute atomic E-state index is 12.6. The molecule has 2 saturated heterocycles. The molecular formula is C20H32N4O. The van der Waals surface area contributed by atoms with E-state index >= 15 is 0 Å². The molecule has 0 unspecified atom stereocenters. The Morgan fingerprint density at radius 3 is 2.88 bits per heavy atom. The van der Waals surface area contributed by atoms with E-state index in [-0.39, 0.29) is 0 Å². The first kappa shape index (κ1) is 18.3. The monoisotopic (exact) mass is 344 g/mol. The van der Waals surface area contributed by atoms with Crippen LogP contribution in [0.1, 0.15) is 37.8 Å². The molecule has 0 radical (unpaired) electrons. The summed E-state index contributed by atoms with van der Waals surface area (Å²) in [5, 5.41) is 0. The number of piperidine rings is 1. The Balaban J connectivity index is 1.41. The van der Waals surface area contributed by atoms with Crippen LogP contribution in [0.5, 0.6) is 0 Å². The summed E-state index contributed by atoms with van der Waals surface area (Å²) in [4.78, 5) is 24.0. The van der Waals surface area contributed by atoms with Gasteiger partial charge in [-0.3, -0.25) is 14.7 Å². The van der Waals surface area contributed by atoms with E-state index in [1.165, 1.54) is 19.4 Å². The summed E-state index contributed by atoms with van der Waals surface area (Å²) in [6.07, 6.45) is 7.25. The van der Waals surface area contributed by atoms with Crippen molar-refractivity contribution in [2.75, 3.05) is 46.3 Å². The average molecular weight is 345 g/mol. The Morgan fingerprint density at radius 1 is 1.16 bits per heavy atom. The van der Waals surface area contributed by atoms with Crippen LogP contribution in [0.4, 0.5) is 0 Å². The quantitative estimate of drug-likeness (QED) is 0.821. The van der Waals surface area contributed by atoms with Gasteiger partial charge in [0.05, 0.1) is 5.69 Å². The van der Waals surface area contributed by atoms with E-state index in [4.69, 9.17) is 0 Å². The van der Waals surface area contributed by atoms with Crippen LogP contribution in [-0.4, -0.2) is 71.9 Å². The Morgan fingerprint density at radius 2 is 2.08 bits per heavy atom. The Hall–Kier alpha value is -1.46. The summed E-state index contributed by atoms with van der Waals surface area (Å²) in [5.74, 6) is 1.06. The molecule has 0 N–H and O–H groups in total. The second-order valence-electron chi connectivity index (χ2n) is 7.64. The summed E-state index contributed by atoms with van der Waals surface area (Å²) in [6.45, 7) is 7.02. The van der Waals surface area contributed by atoms with Gasteiger partial charge in [-0.2, -0.15) is 0 Å². The molecule has 3 rings (SSSR count). The largest absolute Gasteiger partial charge is 0.341 e. The first-order chi connectivity index (χ1) is 12.2. The number of carbonyl (C=O) groups is 1. The molecule has 0 bridgehead atoms. The highest BCUT2D eigenvalue weighted by Gasteiger charge is 2.22. The molecule has 1 aromatic rings. The van der Waals surface area contributed by atoms with E-state index in [2.05, 4.69) is 32.8 Å². The highest BCUT2D eigenvalue weighted by atomic mass is 16.2. The van der Waals surface area contributed by atoms with Gasteiger partial charge in [-0.15, -0.1) is 0 Å². The highest BCUT2D eigenvalue weighted by molar-refractivity contribution is 5.76. The molecule has 5 heteroatoms. The van der Waals surface area contributed by atoms with E-state index in [1.54, 1.807) is 0 Å². The minimum Gasteiger partial charge on any atom is -0.341 e. The number of aromatic nitrogens is 1. The minimum atomic E-state index is 0.355. The van der Waals surface area contributed by atoms with Crippen molar-refractivity contribution in [2.45, 2.75) is 38.6 Å². The zero-order valence-corrected chi connectivity index (χ0v) is 15.6. The Bertz CT molecular complexity index is 536. The number of likely N-dealkylation sites (tertiary alicyclic amines) is 1. The Kier molecular flexibility index (Phi) is 6.82. The Labute approximate surface area is 152 Å². The van der Waals surface area contributed by atoms with Crippen LogP contribution >= 0.6 is 0 Å². The lowest BCUT2D eigenvalue weighted by molar-refractivity contribution is -0.131. The maximum Gasteiger partial charge on any atom is 0.222 e. The number of hydrogen-bond donors (Lipinski definition) is 0. The normalized spacial score (nSPS) is 23.4. The van der Waals surface area contributed by atoms with Crippen molar-refractivity contribution >= 4 is 5.91 Å². The minimum absolute atomic E-state index is 0.355. The van der Waals surface area contributed by atoms with Crippen LogP contribution in [0.25, 0.3) is 0 Å². The summed E-state index contributed by atoms with van der Waals surface area (Å²) in [6, 6.07) is 6.07. The third-order valence-corrected chi connectivity index (χ3v) is 5.54. The van der Waals surface area contributed by atoms with Crippen molar-refractivity contribution in [3.05, 3.63) is 30.1 Å². The predicted molar refractivity (Wildman–Crippen MR) is 100 cm³/mol. The zero-order valence-electron chi connectivity index (χ0n) is 15.6. The van der Waals surface area contributed by atoms with Crippen LogP contribution in [0.2, 0.25) is 0 Å². The van der Waals surface area contributed by atoms with Gasteiger partial charge >= 0.3 is 0 Å². The summed E-state index contributed by atoms with van der Waals surface area (Å²) < 4.78 is 0. The molecule has 0 aliphatic carbocycles. The lowest BCUT2D eigenvalue weighted by Gasteiger charge is -2.30. The number of carbonyl (C=O) groups excluding carboxylic acids is 1. The summed E-state index contributed by atoms with van der Waals surface area (Å²) in [5.41, 5.74) is 1.11. The van der Waals surface area contributed by atoms with E-state index in [1.807, 2.05) is 18.3 Å². The van der Waals surface area contributed by atoms with Gasteiger partial charge in [-0.1, -0.05) is 6.07 Å². The maximum atomic E-state index is 12.6. The van der Waals surface area contributed by atoms with Crippen LogP contribution in [0.3, 0.4) is 0 Å². The van der Waals surface area contributed by atoms with Crippen LogP contribution in [0.15, 0.2) is 24.4 Å². The van der Waals surface area contributed by atoms with E-state index < -0.39 is 0 Å². The molecule has 0 saturated carbocycles. The van der Waals surface area contributed by atoms with Gasteiger partial charge in [0.2, 0.25) is 5.91 Å². The predicted octanol–water partition coefficient (Wildman–Crippen LogP) is 2.24. The second-order valence-corrected chi connectivity index (χ2v) is 7.64. The van der Waals surface area contributed by atoms with Gasteiger partial charge in [0.1, 0.15) is 0 Å². The van der Waals surface area contributed by atoms with Crippen molar-refractivity contribution in [3.63, 3.8) is 0 Å². The van der Waals surface area contributed by atoms with Gasteiger partial charge in [0.15, 0.2) is 0 Å². The molecule has 1 amide bonds. The molecule has 0 aromatic carbocycles. The van der Waals surface area contributed by atoms with Crippen molar-refractivity contribution in [1.82, 2.24) is 19.7 Å². The topological polar surface area (TPSA) is 39.7 Å². The molecule has 2 fully saturated rings. The molecule has 2 aliphatic rings. The molecule has 1 atom stereocenters. The molecule has 3 heterocycles. The first-order valence-corrected chi connectivity index (χ1v) is 9.79. The van der Waals surface area contributed by atoms with Crippen molar-refractivity contribution in [1.29, 1.82) is 0 Å². The lowest BCUT2D eigenvalue weighted by atomic mass is 9.93. The fraction of sp³-hybridized carbons (Fsp3) is 0.700. The zero-order chi connectivity index (χ0) is 17.5. The van der Waals surface area contributed by atoms with Crippen molar-refractivity contribution in [2.24, 2.45) is 5.92 Å². The van der Waals surface area contributed by atoms with Gasteiger partial charge in [-0.25, -0.2) is 0 Å². The van der Waals surface area contributed by atoms with Crippen molar-refractivity contribution in [3.8, 4) is 0 Å². The lowest BCUT2D eigenvalue weighted by Crippen LogP contribution is -2.36. The number of pyridine rings is 1. The van der Waals surface area contributed by atoms with E-state index in [0.717, 1.165) is 64.2 Å². The smallest absolute Gasteiger partial charge is 0.222 e. The third-order valence-electron chi connectivity index (χ3n) is 5.54. The number of rotatable bonds is 5. The van der Waals surface area contributed by atoms with Crippen LogP contribution in [-0.2, 0) is 11.3 Å². The standard InChI is InChI=1S/C20H32N4O/c1-22-11-4-6-18(16-22)8-9-20(25)24-13-5-12-23(14-15-24)17-19-7-2-3-10-21-19/h2-3,7,10,18H,4-6,8-9,11-17H2,1H3/t18-/m0/s1. The third kappa shape index (κ3) is 5.79. The summed E-state index contributed by atoms with van der Waals surface area (Å²) in [7, 11) is 2.19. The number of hydrogen-bond acceptors (Lipinski definition) is 4. The number of amides is 1. The molecule has 138 valence electrons. The molecular weight excluding hydrogens is 312 g/mol. The molecule has 25 heavy (non-hydrogen) atoms. The molecule has 5 nitrogen and oxygen atoms in total. The molecule has 2 aliphatic heterocycles. The van der Waals surface area contributed by atoms with E-state index in [0.29, 0.717) is 11.8 Å². The van der Waals surface area contributed by atoms with Crippen LogP contribution < -0.4 is 0 Å². The second kappa shape index (κ2) is 9.30. The molecule has 0 spiro atoms. The first-order valence-electron chi connectivity index (χ1n) is 9.79. The SMILES string of the molecule is CN1CCC[C@@H](CCC(=O)N2CCCN(Cc3ccccn3)CC2)C1. The fourth-order valence-electron chi connectivity index (χ4n) is 4.09. The van der Waals surface area contributed by atoms with Gasteiger partial charge in [0.25, 0.3) is 0 Å². The molecule has 1 aromatic heterocycles. The fourth-order valence-corrected chi connectivity index (χ4v) is 4.09. The van der Waals surface area contributed by atoms with E-state index in [9.17, 15) is 4.79 Å².